The van der Waals surface area contributed by atoms with Gasteiger partial charge in [-0.05, 0) is 13.0 Å². The van der Waals surface area contributed by atoms with Gasteiger partial charge in [0.1, 0.15) is 0 Å². The molecule has 0 spiro atoms. The number of hydrogen-bond donors (Lipinski definition) is 3. The summed E-state index contributed by atoms with van der Waals surface area (Å²) in [6.45, 7) is 0.353. The van der Waals surface area contributed by atoms with E-state index in [0.29, 0.717) is 13.0 Å². The second-order valence-electron chi connectivity index (χ2n) is 2.52. The van der Waals surface area contributed by atoms with Gasteiger partial charge in [0.15, 0.2) is 11.8 Å². The molecule has 11 heavy (non-hydrogen) atoms. The lowest BCUT2D eigenvalue weighted by Crippen LogP contribution is -2.56. The Hall–Kier alpha value is -0.940. The lowest BCUT2D eigenvalue weighted by molar-refractivity contribution is -0.150. The summed E-state index contributed by atoms with van der Waals surface area (Å²) in [5.74, 6) is -1.32. The number of carbonyl (C=O) groups excluding carboxylic acids is 1. The topological polar surface area (TPSA) is 86.6 Å². The number of aliphatic carboxylic acids is 1. The van der Waals surface area contributed by atoms with Crippen molar-refractivity contribution in [2.45, 2.75) is 18.1 Å². The van der Waals surface area contributed by atoms with Gasteiger partial charge in [-0.2, -0.15) is 0 Å². The van der Waals surface area contributed by atoms with Crippen molar-refractivity contribution in [2.75, 3.05) is 6.54 Å². The standard InChI is InChI=1S/C6H9NO4/c8-3-6(5(10)11)4(9)1-2-7-6/h3-4,7,9H,1-2H2,(H,10,11)/t4?,6-/m1/s1. The van der Waals surface area contributed by atoms with E-state index >= 15 is 0 Å². The van der Waals surface area contributed by atoms with Gasteiger partial charge in [-0.15, -0.1) is 0 Å². The first-order chi connectivity index (χ1) is 5.13. The molecule has 0 aliphatic carbocycles. The maximum Gasteiger partial charge on any atom is 0.334 e. The first kappa shape index (κ1) is 8.16. The van der Waals surface area contributed by atoms with Crippen molar-refractivity contribution in [1.29, 1.82) is 0 Å². The highest BCUT2D eigenvalue weighted by Gasteiger charge is 2.48. The second-order valence-corrected chi connectivity index (χ2v) is 2.52. The highest BCUT2D eigenvalue weighted by atomic mass is 16.4. The SMILES string of the molecule is O=C[C@@]1(C(=O)O)NCCC1O. The summed E-state index contributed by atoms with van der Waals surface area (Å²) in [4.78, 5) is 20.9. The van der Waals surface area contributed by atoms with E-state index in [1.807, 2.05) is 0 Å². The van der Waals surface area contributed by atoms with Crippen molar-refractivity contribution in [1.82, 2.24) is 5.32 Å². The Balaban J connectivity index is 2.90. The number of aliphatic hydroxyl groups is 1. The first-order valence-corrected chi connectivity index (χ1v) is 3.26. The Morgan fingerprint density at radius 3 is 2.55 bits per heavy atom. The van der Waals surface area contributed by atoms with Gasteiger partial charge in [0.2, 0.25) is 0 Å². The molecule has 1 heterocycles. The predicted molar refractivity (Wildman–Crippen MR) is 35.1 cm³/mol. The van der Waals surface area contributed by atoms with Crippen LogP contribution in [0, 0.1) is 0 Å². The van der Waals surface area contributed by atoms with Crippen LogP contribution in [-0.2, 0) is 9.59 Å². The number of nitrogens with one attached hydrogen (secondary N) is 1. The molecular weight excluding hydrogens is 150 g/mol. The maximum atomic E-state index is 10.5. The minimum absolute atomic E-state index is 0.243. The summed E-state index contributed by atoms with van der Waals surface area (Å²) >= 11 is 0. The molecule has 1 fully saturated rings. The smallest absolute Gasteiger partial charge is 0.334 e. The van der Waals surface area contributed by atoms with Gasteiger partial charge in [0.25, 0.3) is 0 Å². The summed E-state index contributed by atoms with van der Waals surface area (Å²) in [5, 5.41) is 20.2. The van der Waals surface area contributed by atoms with Crippen LogP contribution in [0.15, 0.2) is 0 Å². The van der Waals surface area contributed by atoms with Crippen LogP contribution in [0.3, 0.4) is 0 Å². The summed E-state index contributed by atoms with van der Waals surface area (Å²) in [7, 11) is 0. The molecule has 0 radical (unpaired) electrons. The molecule has 1 unspecified atom stereocenters. The highest BCUT2D eigenvalue weighted by molar-refractivity contribution is 5.98. The van der Waals surface area contributed by atoms with E-state index < -0.39 is 17.6 Å². The van der Waals surface area contributed by atoms with Crippen LogP contribution < -0.4 is 5.32 Å². The van der Waals surface area contributed by atoms with Crippen molar-refractivity contribution in [3.8, 4) is 0 Å². The van der Waals surface area contributed by atoms with Crippen LogP contribution in [0.1, 0.15) is 6.42 Å². The molecular formula is C6H9NO4. The molecule has 0 bridgehead atoms. The van der Waals surface area contributed by atoms with Crippen molar-refractivity contribution >= 4 is 12.3 Å². The summed E-state index contributed by atoms with van der Waals surface area (Å²) < 4.78 is 0. The van der Waals surface area contributed by atoms with Gasteiger partial charge in [-0.1, -0.05) is 0 Å². The summed E-state index contributed by atoms with van der Waals surface area (Å²) in [6, 6.07) is 0. The molecule has 1 aliphatic heterocycles. The third kappa shape index (κ3) is 1.02. The fourth-order valence-electron chi connectivity index (χ4n) is 1.15. The molecule has 0 aromatic heterocycles. The van der Waals surface area contributed by atoms with E-state index in [1.54, 1.807) is 0 Å². The van der Waals surface area contributed by atoms with Gasteiger partial charge in [-0.25, -0.2) is 4.79 Å². The minimum atomic E-state index is -1.76. The van der Waals surface area contributed by atoms with E-state index in [9.17, 15) is 9.59 Å². The average Bonchev–Trinajstić information content (AvgIpc) is 2.32. The summed E-state index contributed by atoms with van der Waals surface area (Å²) in [6.07, 6.45) is -0.574. The van der Waals surface area contributed by atoms with Gasteiger partial charge >= 0.3 is 5.97 Å². The number of carbonyl (C=O) groups is 2. The second kappa shape index (κ2) is 2.60. The molecule has 0 saturated carbocycles. The van der Waals surface area contributed by atoms with E-state index in [2.05, 4.69) is 5.32 Å². The van der Waals surface area contributed by atoms with Crippen LogP contribution in [0.5, 0.6) is 0 Å². The number of aldehydes is 1. The van der Waals surface area contributed by atoms with E-state index in [4.69, 9.17) is 10.2 Å². The quantitative estimate of drug-likeness (QED) is 0.332. The zero-order valence-electron chi connectivity index (χ0n) is 5.78. The lowest BCUT2D eigenvalue weighted by Gasteiger charge is -2.20. The van der Waals surface area contributed by atoms with E-state index in [-0.39, 0.29) is 6.29 Å². The van der Waals surface area contributed by atoms with Crippen LogP contribution in [0.4, 0.5) is 0 Å². The third-order valence-corrected chi connectivity index (χ3v) is 1.90. The van der Waals surface area contributed by atoms with Crippen LogP contribution in [0.25, 0.3) is 0 Å². The van der Waals surface area contributed by atoms with Gasteiger partial charge < -0.3 is 15.0 Å². The van der Waals surface area contributed by atoms with Crippen LogP contribution >= 0.6 is 0 Å². The molecule has 5 nitrogen and oxygen atoms in total. The molecule has 1 rings (SSSR count). The fraction of sp³-hybridized carbons (Fsp3) is 0.667. The van der Waals surface area contributed by atoms with Crippen molar-refractivity contribution in [2.24, 2.45) is 0 Å². The van der Waals surface area contributed by atoms with Gasteiger partial charge in [0.05, 0.1) is 6.10 Å². The monoisotopic (exact) mass is 159 g/mol. The maximum absolute atomic E-state index is 10.5. The molecule has 1 saturated heterocycles. The molecule has 2 atom stereocenters. The normalized spacial score (nSPS) is 37.0. The van der Waals surface area contributed by atoms with E-state index in [1.165, 1.54) is 0 Å². The molecule has 1 aliphatic rings. The number of rotatable bonds is 2. The Morgan fingerprint density at radius 2 is 2.36 bits per heavy atom. The molecule has 0 aromatic rings. The number of carboxylic acid groups (broad SMARTS) is 1. The predicted octanol–water partition coefficient (Wildman–Crippen LogP) is -1.64. The molecule has 3 N–H and O–H groups in total. The fourth-order valence-corrected chi connectivity index (χ4v) is 1.15. The van der Waals surface area contributed by atoms with Gasteiger partial charge in [0, 0.05) is 0 Å². The minimum Gasteiger partial charge on any atom is -0.479 e. The largest absolute Gasteiger partial charge is 0.479 e. The highest BCUT2D eigenvalue weighted by Crippen LogP contribution is 2.17. The molecule has 0 amide bonds. The first-order valence-electron chi connectivity index (χ1n) is 3.26. The number of hydrogen-bond acceptors (Lipinski definition) is 4. The van der Waals surface area contributed by atoms with Crippen molar-refractivity contribution in [3.63, 3.8) is 0 Å². The average molecular weight is 159 g/mol. The Morgan fingerprint density at radius 1 is 1.73 bits per heavy atom. The van der Waals surface area contributed by atoms with E-state index in [0.717, 1.165) is 0 Å². The van der Waals surface area contributed by atoms with Gasteiger partial charge in [-0.3, -0.25) is 5.32 Å². The lowest BCUT2D eigenvalue weighted by atomic mass is 9.97. The van der Waals surface area contributed by atoms with Crippen molar-refractivity contribution < 1.29 is 19.8 Å². The van der Waals surface area contributed by atoms with Crippen LogP contribution in [0.2, 0.25) is 0 Å². The molecule has 5 heteroatoms. The molecule has 62 valence electrons. The number of aliphatic hydroxyl groups excluding tert-OH is 1. The van der Waals surface area contributed by atoms with Crippen molar-refractivity contribution in [3.05, 3.63) is 0 Å². The zero-order chi connectivity index (χ0) is 8.48. The number of carboxylic acids is 1. The Bertz CT molecular complexity index is 193. The zero-order valence-corrected chi connectivity index (χ0v) is 5.78. The van der Waals surface area contributed by atoms with Crippen LogP contribution in [-0.4, -0.2) is 40.7 Å². The molecule has 0 aromatic carbocycles. The Kier molecular flexibility index (Phi) is 1.92. The third-order valence-electron chi connectivity index (χ3n) is 1.90. The Labute approximate surface area is 63.0 Å². The summed E-state index contributed by atoms with van der Waals surface area (Å²) in [5.41, 5.74) is -1.76.